The van der Waals surface area contributed by atoms with E-state index in [0.29, 0.717) is 40.1 Å². The summed E-state index contributed by atoms with van der Waals surface area (Å²) >= 11 is 12.7. The van der Waals surface area contributed by atoms with Crippen LogP contribution in [0.1, 0.15) is 48.2 Å². The van der Waals surface area contributed by atoms with Gasteiger partial charge in [0.1, 0.15) is 17.3 Å². The monoisotopic (exact) mass is 501 g/mol. The van der Waals surface area contributed by atoms with Gasteiger partial charge in [0.05, 0.1) is 23.1 Å². The van der Waals surface area contributed by atoms with Crippen LogP contribution in [-0.4, -0.2) is 18.5 Å². The second-order valence-corrected chi connectivity index (χ2v) is 8.12. The van der Waals surface area contributed by atoms with Crippen LogP contribution in [0.5, 0.6) is 11.5 Å². The number of amides is 1. The molecule has 3 rings (SSSR count). The molecule has 0 radical (unpaired) electrons. The van der Waals surface area contributed by atoms with Gasteiger partial charge in [0.2, 0.25) is 0 Å². The quantitative estimate of drug-likeness (QED) is 0.310. The number of anilines is 1. The summed E-state index contributed by atoms with van der Waals surface area (Å²) in [6.07, 6.45) is 4.56. The number of benzene rings is 2. The molecule has 0 spiro atoms. The zero-order valence-electron chi connectivity index (χ0n) is 19.1. The van der Waals surface area contributed by atoms with Gasteiger partial charge < -0.3 is 19.2 Å². The smallest absolute Gasteiger partial charge is 0.310 e. The minimum Gasteiger partial charge on any atom is -0.466 e. The third-order valence-corrected chi connectivity index (χ3v) is 5.41. The molecule has 34 heavy (non-hydrogen) atoms. The summed E-state index contributed by atoms with van der Waals surface area (Å²) in [6, 6.07) is 11.6. The first-order valence-electron chi connectivity index (χ1n) is 10.8. The van der Waals surface area contributed by atoms with E-state index in [9.17, 15) is 9.59 Å². The Hall–Kier alpha value is -3.22. The number of halogens is 2. The molecule has 0 bridgehead atoms. The van der Waals surface area contributed by atoms with Gasteiger partial charge in [0.25, 0.3) is 5.91 Å². The lowest BCUT2D eigenvalue weighted by molar-refractivity contribution is -0.142. The van der Waals surface area contributed by atoms with E-state index in [1.165, 1.54) is 0 Å². The third-order valence-electron chi connectivity index (χ3n) is 4.82. The number of aryl methyl sites for hydroxylation is 1. The van der Waals surface area contributed by atoms with E-state index in [1.54, 1.807) is 49.4 Å². The highest BCUT2D eigenvalue weighted by Gasteiger charge is 2.16. The molecule has 1 N–H and O–H groups in total. The van der Waals surface area contributed by atoms with E-state index in [4.69, 9.17) is 37.1 Å². The SMILES string of the molecule is C/C=C\c1oc(C(=O)Nc2ccc(Oc3ccc(CC(=O)OCC)cc3Cl)c(Cl)c2)cc1CC. The van der Waals surface area contributed by atoms with Crippen LogP contribution < -0.4 is 10.1 Å². The van der Waals surface area contributed by atoms with Gasteiger partial charge in [-0.3, -0.25) is 9.59 Å². The predicted molar refractivity (Wildman–Crippen MR) is 134 cm³/mol. The molecule has 0 aliphatic rings. The molecule has 0 unspecified atom stereocenters. The fourth-order valence-electron chi connectivity index (χ4n) is 3.21. The van der Waals surface area contributed by atoms with Gasteiger partial charge in [-0.25, -0.2) is 0 Å². The predicted octanol–water partition coefficient (Wildman–Crippen LogP) is 7.33. The first-order chi connectivity index (χ1) is 16.3. The zero-order chi connectivity index (χ0) is 24.7. The van der Waals surface area contributed by atoms with Crippen molar-refractivity contribution in [3.8, 4) is 11.5 Å². The molecule has 1 aromatic heterocycles. The van der Waals surface area contributed by atoms with E-state index < -0.39 is 0 Å². The average Bonchev–Trinajstić information content (AvgIpc) is 3.21. The van der Waals surface area contributed by atoms with Crippen LogP contribution >= 0.6 is 23.2 Å². The first kappa shape index (κ1) is 25.4. The van der Waals surface area contributed by atoms with Crippen molar-refractivity contribution in [1.29, 1.82) is 0 Å². The number of hydrogen-bond acceptors (Lipinski definition) is 5. The van der Waals surface area contributed by atoms with Crippen LogP contribution in [0.3, 0.4) is 0 Å². The van der Waals surface area contributed by atoms with Crippen molar-refractivity contribution in [2.75, 3.05) is 11.9 Å². The van der Waals surface area contributed by atoms with Gasteiger partial charge in [-0.2, -0.15) is 0 Å². The Kier molecular flexibility index (Phi) is 8.79. The van der Waals surface area contributed by atoms with Gasteiger partial charge >= 0.3 is 5.97 Å². The van der Waals surface area contributed by atoms with Gasteiger partial charge in [-0.05, 0) is 73.9 Å². The number of nitrogens with one attached hydrogen (secondary N) is 1. The third kappa shape index (κ3) is 6.43. The highest BCUT2D eigenvalue weighted by atomic mass is 35.5. The highest BCUT2D eigenvalue weighted by molar-refractivity contribution is 6.33. The van der Waals surface area contributed by atoms with Crippen molar-refractivity contribution >= 4 is 46.8 Å². The van der Waals surface area contributed by atoms with Crippen molar-refractivity contribution in [2.24, 2.45) is 0 Å². The van der Waals surface area contributed by atoms with Crippen LogP contribution in [0.15, 0.2) is 53.0 Å². The van der Waals surface area contributed by atoms with Gasteiger partial charge in [-0.15, -0.1) is 0 Å². The number of ether oxygens (including phenoxy) is 2. The lowest BCUT2D eigenvalue weighted by Crippen LogP contribution is -2.10. The Morgan fingerprint density at radius 3 is 2.35 bits per heavy atom. The summed E-state index contributed by atoms with van der Waals surface area (Å²) in [7, 11) is 0. The molecular weight excluding hydrogens is 477 g/mol. The Morgan fingerprint density at radius 1 is 1.03 bits per heavy atom. The number of hydrogen-bond donors (Lipinski definition) is 1. The van der Waals surface area contributed by atoms with Crippen molar-refractivity contribution < 1.29 is 23.5 Å². The molecule has 0 atom stereocenters. The Balaban J connectivity index is 1.69. The molecule has 0 aliphatic heterocycles. The second kappa shape index (κ2) is 11.8. The fraction of sp³-hybridized carbons (Fsp3) is 0.231. The molecule has 2 aromatic carbocycles. The number of rotatable bonds is 9. The number of carbonyl (C=O) groups is 2. The molecule has 178 valence electrons. The van der Waals surface area contributed by atoms with E-state index in [-0.39, 0.29) is 29.1 Å². The molecule has 1 amide bonds. The number of carbonyl (C=O) groups excluding carboxylic acids is 2. The molecule has 0 saturated heterocycles. The van der Waals surface area contributed by atoms with Crippen molar-refractivity contribution in [3.05, 3.63) is 81.2 Å². The van der Waals surface area contributed by atoms with E-state index in [2.05, 4.69) is 5.32 Å². The molecule has 1 heterocycles. The van der Waals surface area contributed by atoms with Crippen LogP contribution in [0.25, 0.3) is 6.08 Å². The molecule has 6 nitrogen and oxygen atoms in total. The number of allylic oxidation sites excluding steroid dienone is 1. The highest BCUT2D eigenvalue weighted by Crippen LogP contribution is 2.35. The number of furan rings is 1. The molecular formula is C26H25Cl2NO5. The van der Waals surface area contributed by atoms with E-state index >= 15 is 0 Å². The molecule has 8 heteroatoms. The van der Waals surface area contributed by atoms with Gasteiger partial charge in [-0.1, -0.05) is 42.3 Å². The molecule has 0 aliphatic carbocycles. The second-order valence-electron chi connectivity index (χ2n) is 7.30. The van der Waals surface area contributed by atoms with Crippen LogP contribution in [0.4, 0.5) is 5.69 Å². The van der Waals surface area contributed by atoms with Crippen molar-refractivity contribution in [1.82, 2.24) is 0 Å². The summed E-state index contributed by atoms with van der Waals surface area (Å²) in [4.78, 5) is 24.3. The lowest BCUT2D eigenvalue weighted by Gasteiger charge is -2.12. The largest absolute Gasteiger partial charge is 0.466 e. The molecule has 0 fully saturated rings. The normalized spacial score (nSPS) is 11.0. The Bertz CT molecular complexity index is 1220. The van der Waals surface area contributed by atoms with Crippen LogP contribution in [0, 0.1) is 0 Å². The number of esters is 1. The fourth-order valence-corrected chi connectivity index (χ4v) is 3.67. The Morgan fingerprint density at radius 2 is 1.74 bits per heavy atom. The average molecular weight is 502 g/mol. The van der Waals surface area contributed by atoms with E-state index in [0.717, 1.165) is 12.0 Å². The van der Waals surface area contributed by atoms with E-state index in [1.807, 2.05) is 26.0 Å². The summed E-state index contributed by atoms with van der Waals surface area (Å²) in [5, 5.41) is 3.39. The first-order valence-corrected chi connectivity index (χ1v) is 11.6. The van der Waals surface area contributed by atoms with Crippen LogP contribution in [-0.2, 0) is 22.4 Å². The van der Waals surface area contributed by atoms with Crippen molar-refractivity contribution in [3.63, 3.8) is 0 Å². The summed E-state index contributed by atoms with van der Waals surface area (Å²) in [5.41, 5.74) is 2.15. The summed E-state index contributed by atoms with van der Waals surface area (Å²) in [5.74, 6) is 0.925. The molecule has 3 aromatic rings. The van der Waals surface area contributed by atoms with Crippen molar-refractivity contribution in [2.45, 2.75) is 33.6 Å². The maximum absolute atomic E-state index is 12.6. The van der Waals surface area contributed by atoms with Gasteiger partial charge in [0.15, 0.2) is 5.76 Å². The standard InChI is InChI=1S/C26H25Cl2NO5/c1-4-7-21-17(5-2)14-24(33-21)26(31)29-18-9-11-23(20(28)15-18)34-22-10-8-16(12-19(22)27)13-25(30)32-6-3/h4,7-12,14-15H,5-6,13H2,1-3H3,(H,29,31)/b7-4-. The summed E-state index contributed by atoms with van der Waals surface area (Å²) < 4.78 is 16.5. The molecule has 0 saturated carbocycles. The van der Waals surface area contributed by atoms with Crippen LogP contribution in [0.2, 0.25) is 10.0 Å². The topological polar surface area (TPSA) is 77.8 Å². The minimum atomic E-state index is -0.379. The summed E-state index contributed by atoms with van der Waals surface area (Å²) in [6.45, 7) is 5.96. The Labute approximate surface area is 208 Å². The minimum absolute atomic E-state index is 0.120. The zero-order valence-corrected chi connectivity index (χ0v) is 20.6. The lowest BCUT2D eigenvalue weighted by atomic mass is 10.1. The maximum atomic E-state index is 12.6. The van der Waals surface area contributed by atoms with Gasteiger partial charge in [0, 0.05) is 5.69 Å². The maximum Gasteiger partial charge on any atom is 0.310 e.